The molecule has 2 aromatic rings. The van der Waals surface area contributed by atoms with E-state index >= 15 is 0 Å². The van der Waals surface area contributed by atoms with Gasteiger partial charge in [0.05, 0.1) is 0 Å². The van der Waals surface area contributed by atoms with Gasteiger partial charge in [0.2, 0.25) is 11.9 Å². The lowest BCUT2D eigenvalue weighted by Gasteiger charge is -2.37. The number of amides is 1. The second-order valence-electron chi connectivity index (χ2n) is 6.94. The summed E-state index contributed by atoms with van der Waals surface area (Å²) < 4.78 is 2.22. The van der Waals surface area contributed by atoms with Crippen molar-refractivity contribution in [3.05, 3.63) is 43.0 Å². The van der Waals surface area contributed by atoms with Gasteiger partial charge in [-0.15, -0.1) is 0 Å². The summed E-state index contributed by atoms with van der Waals surface area (Å²) in [6, 6.07) is 5.88. The molecule has 0 atom stereocenters. The Bertz CT molecular complexity index is 635. The number of carbonyl (C=O) groups excluding carboxylic acids is 1. The topological polar surface area (TPSA) is 71.8 Å². The minimum atomic E-state index is 0.0946. The van der Waals surface area contributed by atoms with Crippen molar-refractivity contribution in [2.75, 3.05) is 18.4 Å². The molecule has 0 unspecified atom stereocenters. The first-order chi connectivity index (χ1) is 12.3. The molecule has 1 aliphatic rings. The summed E-state index contributed by atoms with van der Waals surface area (Å²) in [5, 5.41) is 6.15. The molecule has 2 N–H and O–H groups in total. The Balaban J connectivity index is 1.46. The van der Waals surface area contributed by atoms with Gasteiger partial charge in [-0.25, -0.2) is 9.97 Å². The molecule has 25 heavy (non-hydrogen) atoms. The van der Waals surface area contributed by atoms with Crippen molar-refractivity contribution < 1.29 is 4.79 Å². The van der Waals surface area contributed by atoms with Gasteiger partial charge in [0.15, 0.2) is 0 Å². The van der Waals surface area contributed by atoms with E-state index in [4.69, 9.17) is 0 Å². The van der Waals surface area contributed by atoms with E-state index in [2.05, 4.69) is 37.6 Å². The summed E-state index contributed by atoms with van der Waals surface area (Å²) in [6.07, 6.45) is 14.2. The van der Waals surface area contributed by atoms with E-state index in [1.54, 1.807) is 18.5 Å². The van der Waals surface area contributed by atoms with Gasteiger partial charge in [-0.05, 0) is 36.5 Å². The third kappa shape index (κ3) is 5.31. The lowest BCUT2D eigenvalue weighted by Crippen LogP contribution is -2.37. The molecule has 1 amide bonds. The first-order valence-electron chi connectivity index (χ1n) is 9.14. The quantitative estimate of drug-likeness (QED) is 0.724. The van der Waals surface area contributed by atoms with Crippen LogP contribution < -0.4 is 10.6 Å². The summed E-state index contributed by atoms with van der Waals surface area (Å²) >= 11 is 0. The molecular weight excluding hydrogens is 314 g/mol. The summed E-state index contributed by atoms with van der Waals surface area (Å²) in [5.74, 6) is 0.734. The minimum absolute atomic E-state index is 0.0946. The van der Waals surface area contributed by atoms with Gasteiger partial charge in [0, 0.05) is 50.8 Å². The molecule has 0 radical (unpaired) electrons. The number of anilines is 1. The molecule has 0 spiro atoms. The first-order valence-corrected chi connectivity index (χ1v) is 9.14. The number of rotatable bonds is 8. The molecule has 1 aliphatic carbocycles. The summed E-state index contributed by atoms with van der Waals surface area (Å²) in [4.78, 5) is 20.7. The fourth-order valence-electron chi connectivity index (χ4n) is 3.73. The van der Waals surface area contributed by atoms with Gasteiger partial charge < -0.3 is 15.2 Å². The van der Waals surface area contributed by atoms with E-state index in [9.17, 15) is 4.79 Å². The van der Waals surface area contributed by atoms with Crippen LogP contribution >= 0.6 is 0 Å². The first kappa shape index (κ1) is 17.5. The largest absolute Gasteiger partial charge is 0.354 e. The number of aromatic nitrogens is 3. The molecule has 6 nitrogen and oxygen atoms in total. The van der Waals surface area contributed by atoms with Crippen LogP contribution in [-0.2, 0) is 11.3 Å². The Morgan fingerprint density at radius 3 is 2.48 bits per heavy atom. The molecule has 0 aliphatic heterocycles. The maximum atomic E-state index is 12.5. The molecule has 1 fully saturated rings. The van der Waals surface area contributed by atoms with Gasteiger partial charge in [-0.1, -0.05) is 19.3 Å². The SMILES string of the molecule is O=C(CC1(Cn2cccc2)CCCCC1)NCCNc1ncccn1. The predicted molar refractivity (Wildman–Crippen MR) is 98.1 cm³/mol. The van der Waals surface area contributed by atoms with Crippen molar-refractivity contribution in [2.45, 2.75) is 45.1 Å². The van der Waals surface area contributed by atoms with Gasteiger partial charge in [-0.3, -0.25) is 4.79 Å². The molecular formula is C19H27N5O. The highest BCUT2D eigenvalue weighted by atomic mass is 16.1. The van der Waals surface area contributed by atoms with Gasteiger partial charge in [0.1, 0.15) is 0 Å². The molecule has 0 aromatic carbocycles. The number of carbonyl (C=O) groups is 1. The molecule has 6 heteroatoms. The van der Waals surface area contributed by atoms with Crippen LogP contribution in [0.5, 0.6) is 0 Å². The van der Waals surface area contributed by atoms with Crippen LogP contribution in [0.25, 0.3) is 0 Å². The average molecular weight is 341 g/mol. The van der Waals surface area contributed by atoms with Crippen molar-refractivity contribution in [3.63, 3.8) is 0 Å². The van der Waals surface area contributed by atoms with Crippen LogP contribution in [0.4, 0.5) is 5.95 Å². The van der Waals surface area contributed by atoms with Crippen molar-refractivity contribution in [3.8, 4) is 0 Å². The lowest BCUT2D eigenvalue weighted by molar-refractivity contribution is -0.124. The fourth-order valence-corrected chi connectivity index (χ4v) is 3.73. The standard InChI is InChI=1S/C19H27N5O/c25-17(20-11-12-23-18-21-9-6-10-22-18)15-19(7-2-1-3-8-19)16-24-13-4-5-14-24/h4-6,9-10,13-14H,1-3,7-8,11-12,15-16H2,(H,20,25)(H,21,22,23). The van der Waals surface area contributed by atoms with E-state index in [-0.39, 0.29) is 11.3 Å². The molecule has 134 valence electrons. The summed E-state index contributed by atoms with van der Waals surface area (Å²) in [7, 11) is 0. The van der Waals surface area contributed by atoms with Crippen LogP contribution in [0.15, 0.2) is 43.0 Å². The zero-order valence-corrected chi connectivity index (χ0v) is 14.7. The highest BCUT2D eigenvalue weighted by Gasteiger charge is 2.34. The second kappa shape index (κ2) is 8.65. The van der Waals surface area contributed by atoms with Crippen LogP contribution in [0.3, 0.4) is 0 Å². The van der Waals surface area contributed by atoms with Gasteiger partial charge in [-0.2, -0.15) is 0 Å². The van der Waals surface area contributed by atoms with Crippen LogP contribution in [0, 0.1) is 5.41 Å². The van der Waals surface area contributed by atoms with Gasteiger partial charge >= 0.3 is 0 Å². The van der Waals surface area contributed by atoms with Crippen LogP contribution in [-0.4, -0.2) is 33.5 Å². The van der Waals surface area contributed by atoms with Gasteiger partial charge in [0.25, 0.3) is 0 Å². The third-order valence-corrected chi connectivity index (χ3v) is 4.93. The Kier molecular flexibility index (Phi) is 6.04. The maximum absolute atomic E-state index is 12.5. The monoisotopic (exact) mass is 341 g/mol. The average Bonchev–Trinajstić information content (AvgIpc) is 3.13. The van der Waals surface area contributed by atoms with Crippen molar-refractivity contribution >= 4 is 11.9 Å². The molecule has 0 bridgehead atoms. The van der Waals surface area contributed by atoms with E-state index in [0.717, 1.165) is 19.4 Å². The number of hydrogen-bond acceptors (Lipinski definition) is 4. The fraction of sp³-hybridized carbons (Fsp3) is 0.526. The third-order valence-electron chi connectivity index (χ3n) is 4.93. The van der Waals surface area contributed by atoms with E-state index < -0.39 is 0 Å². The normalized spacial score (nSPS) is 16.3. The minimum Gasteiger partial charge on any atom is -0.354 e. The summed E-state index contributed by atoms with van der Waals surface area (Å²) in [6.45, 7) is 2.14. The molecule has 3 rings (SSSR count). The maximum Gasteiger partial charge on any atom is 0.222 e. The van der Waals surface area contributed by atoms with E-state index in [1.807, 2.05) is 12.1 Å². The Morgan fingerprint density at radius 2 is 1.76 bits per heavy atom. The second-order valence-corrected chi connectivity index (χ2v) is 6.94. The zero-order valence-electron chi connectivity index (χ0n) is 14.7. The molecule has 2 heterocycles. The van der Waals surface area contributed by atoms with Crippen LogP contribution in [0.2, 0.25) is 0 Å². The Hall–Kier alpha value is -2.37. The Labute approximate surface area is 149 Å². The molecule has 0 saturated heterocycles. The Morgan fingerprint density at radius 1 is 1.04 bits per heavy atom. The highest BCUT2D eigenvalue weighted by molar-refractivity contribution is 5.76. The van der Waals surface area contributed by atoms with Crippen molar-refractivity contribution in [1.82, 2.24) is 19.9 Å². The zero-order chi connectivity index (χ0) is 17.4. The van der Waals surface area contributed by atoms with E-state index in [0.29, 0.717) is 25.5 Å². The summed E-state index contributed by atoms with van der Waals surface area (Å²) in [5.41, 5.74) is 0.0946. The molecule has 2 aromatic heterocycles. The smallest absolute Gasteiger partial charge is 0.222 e. The number of nitrogens with one attached hydrogen (secondary N) is 2. The predicted octanol–water partition coefficient (Wildman–Crippen LogP) is 2.85. The molecule has 1 saturated carbocycles. The number of nitrogens with zero attached hydrogens (tertiary/aromatic N) is 3. The number of hydrogen-bond donors (Lipinski definition) is 2. The van der Waals surface area contributed by atoms with Crippen LogP contribution in [0.1, 0.15) is 38.5 Å². The van der Waals surface area contributed by atoms with Crippen molar-refractivity contribution in [1.29, 1.82) is 0 Å². The van der Waals surface area contributed by atoms with Crippen molar-refractivity contribution in [2.24, 2.45) is 5.41 Å². The van der Waals surface area contributed by atoms with E-state index in [1.165, 1.54) is 19.3 Å². The lowest BCUT2D eigenvalue weighted by atomic mass is 9.71. The highest BCUT2D eigenvalue weighted by Crippen LogP contribution is 2.40.